The number of aryl methyl sites for hydroxylation is 2. The molecule has 8 nitrogen and oxygen atoms in total. The van der Waals surface area contributed by atoms with E-state index in [0.29, 0.717) is 50.7 Å². The second kappa shape index (κ2) is 10.6. The SMILES string of the molecule is NC(=O)N1CCC(CC(=O)N2CCN([C@H]3c4ccc(Cl)cc4CCc4cc(Br)c[n+]([O-])c43)CC2)CC1. The van der Waals surface area contributed by atoms with E-state index in [1.165, 1.54) is 5.56 Å². The summed E-state index contributed by atoms with van der Waals surface area (Å²) < 4.78 is 1.78. The van der Waals surface area contributed by atoms with E-state index in [4.69, 9.17) is 17.3 Å². The number of benzene rings is 1. The van der Waals surface area contributed by atoms with Crippen molar-refractivity contribution in [2.75, 3.05) is 39.3 Å². The Balaban J connectivity index is 1.31. The lowest BCUT2D eigenvalue weighted by Crippen LogP contribution is -2.52. The number of piperidine rings is 1. The number of carbonyl (C=O) groups is 2. The summed E-state index contributed by atoms with van der Waals surface area (Å²) in [6.07, 6.45) is 5.30. The van der Waals surface area contributed by atoms with Crippen LogP contribution in [-0.4, -0.2) is 65.9 Å². The fourth-order valence-corrected chi connectivity index (χ4v) is 6.56. The molecule has 1 aromatic heterocycles. The Bertz CT molecular complexity index is 1160. The van der Waals surface area contributed by atoms with Crippen molar-refractivity contribution in [1.82, 2.24) is 14.7 Å². The summed E-state index contributed by atoms with van der Waals surface area (Å²) in [7, 11) is 0. The van der Waals surface area contributed by atoms with Crippen molar-refractivity contribution in [3.8, 4) is 0 Å². The van der Waals surface area contributed by atoms with Crippen LogP contribution < -0.4 is 10.5 Å². The number of pyridine rings is 1. The number of halogens is 2. The molecule has 5 rings (SSSR count). The van der Waals surface area contributed by atoms with Gasteiger partial charge in [-0.05, 0) is 76.9 Å². The maximum absolute atomic E-state index is 13.2. The number of hydrogen-bond acceptors (Lipinski definition) is 4. The van der Waals surface area contributed by atoms with Crippen molar-refractivity contribution >= 4 is 39.5 Å². The molecule has 3 amide bonds. The highest BCUT2D eigenvalue weighted by atomic mass is 79.9. The van der Waals surface area contributed by atoms with E-state index < -0.39 is 0 Å². The molecule has 1 atom stereocenters. The molecule has 2 aliphatic heterocycles. The number of amides is 3. The molecular formula is C26H31BrClN5O3. The molecule has 2 N–H and O–H groups in total. The molecule has 3 aliphatic rings. The first-order valence-corrected chi connectivity index (χ1v) is 13.7. The summed E-state index contributed by atoms with van der Waals surface area (Å²) in [4.78, 5) is 30.4. The number of urea groups is 1. The summed E-state index contributed by atoms with van der Waals surface area (Å²) in [6.45, 7) is 3.88. The van der Waals surface area contributed by atoms with Gasteiger partial charge in [-0.15, -0.1) is 0 Å². The van der Waals surface area contributed by atoms with Crippen molar-refractivity contribution in [3.63, 3.8) is 0 Å². The number of nitrogens with two attached hydrogens (primary N) is 1. The fourth-order valence-electron chi connectivity index (χ4n) is 5.90. The summed E-state index contributed by atoms with van der Waals surface area (Å²) in [6, 6.07) is 7.45. The molecule has 0 spiro atoms. The highest BCUT2D eigenvalue weighted by Crippen LogP contribution is 2.37. The molecular weight excluding hydrogens is 546 g/mol. The zero-order valence-corrected chi connectivity index (χ0v) is 22.5. The fraction of sp³-hybridized carbons (Fsp3) is 0.500. The van der Waals surface area contributed by atoms with Crippen LogP contribution in [0.25, 0.3) is 0 Å². The number of carbonyl (C=O) groups excluding carboxylic acids is 2. The van der Waals surface area contributed by atoms with Gasteiger partial charge in [0, 0.05) is 56.3 Å². The predicted molar refractivity (Wildman–Crippen MR) is 140 cm³/mol. The third kappa shape index (κ3) is 5.19. The molecule has 0 bridgehead atoms. The van der Waals surface area contributed by atoms with Crippen LogP contribution >= 0.6 is 27.5 Å². The summed E-state index contributed by atoms with van der Waals surface area (Å²) >= 11 is 9.81. The van der Waals surface area contributed by atoms with Gasteiger partial charge in [0.05, 0.1) is 4.47 Å². The summed E-state index contributed by atoms with van der Waals surface area (Å²) in [5.74, 6) is 0.456. The van der Waals surface area contributed by atoms with Gasteiger partial charge in [0.1, 0.15) is 6.04 Å². The van der Waals surface area contributed by atoms with E-state index in [0.717, 1.165) is 51.7 Å². The Hall–Kier alpha value is -2.36. The number of aromatic nitrogens is 1. The lowest BCUT2D eigenvalue weighted by molar-refractivity contribution is -0.617. The third-order valence-corrected chi connectivity index (χ3v) is 8.53. The quantitative estimate of drug-likeness (QED) is 0.448. The molecule has 2 saturated heterocycles. The van der Waals surface area contributed by atoms with Gasteiger partial charge in [0.25, 0.3) is 0 Å². The van der Waals surface area contributed by atoms with Crippen molar-refractivity contribution in [1.29, 1.82) is 0 Å². The molecule has 192 valence electrons. The van der Waals surface area contributed by atoms with E-state index in [9.17, 15) is 14.8 Å². The monoisotopic (exact) mass is 575 g/mol. The van der Waals surface area contributed by atoms with E-state index in [-0.39, 0.29) is 23.9 Å². The third-order valence-electron chi connectivity index (χ3n) is 7.86. The summed E-state index contributed by atoms with van der Waals surface area (Å²) in [5.41, 5.74) is 9.46. The predicted octanol–water partition coefficient (Wildman–Crippen LogP) is 3.25. The van der Waals surface area contributed by atoms with Crippen LogP contribution in [0.5, 0.6) is 0 Å². The topological polar surface area (TPSA) is 96.8 Å². The van der Waals surface area contributed by atoms with Crippen LogP contribution in [0.2, 0.25) is 5.02 Å². The van der Waals surface area contributed by atoms with E-state index in [2.05, 4.69) is 26.9 Å². The molecule has 0 radical (unpaired) electrons. The van der Waals surface area contributed by atoms with E-state index >= 15 is 0 Å². The van der Waals surface area contributed by atoms with Crippen LogP contribution in [0.3, 0.4) is 0 Å². The number of rotatable bonds is 3. The Morgan fingerprint density at radius 1 is 1.03 bits per heavy atom. The maximum atomic E-state index is 13.2. The second-order valence-corrected chi connectivity index (χ2v) is 11.4. The first kappa shape index (κ1) is 25.3. The van der Waals surface area contributed by atoms with Gasteiger partial charge in [-0.25, -0.2) is 4.79 Å². The van der Waals surface area contributed by atoms with Gasteiger partial charge in [-0.3, -0.25) is 9.69 Å². The van der Waals surface area contributed by atoms with Crippen molar-refractivity contribution < 1.29 is 14.3 Å². The zero-order chi connectivity index (χ0) is 25.4. The Labute approximate surface area is 224 Å². The molecule has 0 saturated carbocycles. The van der Waals surface area contributed by atoms with E-state index in [1.807, 2.05) is 23.1 Å². The number of primary amides is 1. The lowest BCUT2D eigenvalue weighted by atomic mass is 9.93. The Morgan fingerprint density at radius 3 is 2.42 bits per heavy atom. The van der Waals surface area contributed by atoms with Gasteiger partial charge in [-0.2, -0.15) is 4.73 Å². The molecule has 2 fully saturated rings. The van der Waals surface area contributed by atoms with Crippen LogP contribution in [-0.2, 0) is 17.6 Å². The largest absolute Gasteiger partial charge is 0.618 e. The smallest absolute Gasteiger partial charge is 0.314 e. The molecule has 3 heterocycles. The van der Waals surface area contributed by atoms with Crippen LogP contribution in [0.1, 0.15) is 47.7 Å². The number of likely N-dealkylation sites (tertiary alicyclic amines) is 1. The minimum atomic E-state index is -0.383. The normalized spacial score (nSPS) is 21.0. The standard InChI is InChI=1S/C26H31BrClN5O3/c27-20-14-19-2-1-18-15-21(28)3-4-22(18)25(24(19)33(36)16-20)31-11-9-30(10-12-31)23(34)13-17-5-7-32(8-6-17)26(29)35/h3-4,14-17,25H,1-2,5-13H2,(H2,29,35)/t25-/m0/s1. The zero-order valence-electron chi connectivity index (χ0n) is 20.2. The van der Waals surface area contributed by atoms with Gasteiger partial charge >= 0.3 is 6.03 Å². The molecule has 36 heavy (non-hydrogen) atoms. The average Bonchev–Trinajstić information content (AvgIpc) is 3.01. The second-order valence-electron chi connectivity index (χ2n) is 10.0. The van der Waals surface area contributed by atoms with E-state index in [1.54, 1.807) is 11.1 Å². The lowest BCUT2D eigenvalue weighted by Gasteiger charge is -2.39. The minimum Gasteiger partial charge on any atom is -0.618 e. The van der Waals surface area contributed by atoms with Crippen molar-refractivity contribution in [3.05, 3.63) is 67.5 Å². The molecule has 1 aromatic carbocycles. The van der Waals surface area contributed by atoms with Gasteiger partial charge < -0.3 is 20.7 Å². The number of piperazine rings is 1. The number of fused-ring (bicyclic) bond motifs is 2. The van der Waals surface area contributed by atoms with Crippen LogP contribution in [0, 0.1) is 11.1 Å². The highest BCUT2D eigenvalue weighted by molar-refractivity contribution is 9.10. The molecule has 2 aromatic rings. The van der Waals surface area contributed by atoms with Crippen molar-refractivity contribution in [2.24, 2.45) is 11.7 Å². The maximum Gasteiger partial charge on any atom is 0.314 e. The summed E-state index contributed by atoms with van der Waals surface area (Å²) in [5, 5.41) is 13.9. The van der Waals surface area contributed by atoms with Crippen molar-refractivity contribution in [2.45, 2.75) is 38.1 Å². The van der Waals surface area contributed by atoms with Crippen LogP contribution in [0.4, 0.5) is 4.79 Å². The first-order valence-electron chi connectivity index (χ1n) is 12.6. The Kier molecular flexibility index (Phi) is 7.42. The Morgan fingerprint density at radius 2 is 1.72 bits per heavy atom. The number of nitrogens with zero attached hydrogens (tertiary/aromatic N) is 4. The first-order chi connectivity index (χ1) is 17.3. The molecule has 0 unspecified atom stereocenters. The molecule has 10 heteroatoms. The molecule has 1 aliphatic carbocycles. The van der Waals surface area contributed by atoms with Crippen LogP contribution in [0.15, 0.2) is 34.9 Å². The van der Waals surface area contributed by atoms with Gasteiger partial charge in [0.15, 0.2) is 6.20 Å². The van der Waals surface area contributed by atoms with Gasteiger partial charge in [-0.1, -0.05) is 17.7 Å². The average molecular weight is 577 g/mol. The number of hydrogen-bond donors (Lipinski definition) is 1. The van der Waals surface area contributed by atoms with Gasteiger partial charge in [0.2, 0.25) is 11.6 Å². The minimum absolute atomic E-state index is 0.170. The highest BCUT2D eigenvalue weighted by Gasteiger charge is 2.37.